The molecule has 1 saturated heterocycles. The lowest BCUT2D eigenvalue weighted by molar-refractivity contribution is -0.0928. The number of aromatic nitrogens is 2. The molecule has 3 heterocycles. The first-order valence-electron chi connectivity index (χ1n) is 12.3. The zero-order valence-electron chi connectivity index (χ0n) is 19.7. The second-order valence-corrected chi connectivity index (χ2v) is 12.1. The van der Waals surface area contributed by atoms with Gasteiger partial charge in [0.2, 0.25) is 0 Å². The Morgan fingerprint density at radius 2 is 1.90 bits per heavy atom. The van der Waals surface area contributed by atoms with Gasteiger partial charge in [0.15, 0.2) is 0 Å². The van der Waals surface area contributed by atoms with Gasteiger partial charge in [-0.1, -0.05) is 13.8 Å². The van der Waals surface area contributed by atoms with Gasteiger partial charge in [0.1, 0.15) is 0 Å². The number of hydrogen-bond acceptors (Lipinski definition) is 4. The lowest BCUT2D eigenvalue weighted by Gasteiger charge is -2.48. The molecule has 5 nitrogen and oxygen atoms in total. The zero-order valence-corrected chi connectivity index (χ0v) is 19.7. The molecule has 3 fully saturated rings. The van der Waals surface area contributed by atoms with Gasteiger partial charge < -0.3 is 10.1 Å². The summed E-state index contributed by atoms with van der Waals surface area (Å²) in [7, 11) is 4.28. The van der Waals surface area contributed by atoms with Crippen molar-refractivity contribution in [3.8, 4) is 0 Å². The molecule has 0 radical (unpaired) electrons. The van der Waals surface area contributed by atoms with E-state index in [4.69, 9.17) is 9.84 Å². The molecule has 1 aromatic heterocycles. The lowest BCUT2D eigenvalue weighted by Crippen LogP contribution is -2.43. The quantitative estimate of drug-likeness (QED) is 0.765. The van der Waals surface area contributed by atoms with Crippen molar-refractivity contribution in [3.63, 3.8) is 0 Å². The average Bonchev–Trinajstić information content (AvgIpc) is 3.24. The molecule has 5 rings (SSSR count). The normalized spacial score (nSPS) is 31.6. The van der Waals surface area contributed by atoms with E-state index in [0.29, 0.717) is 22.2 Å². The van der Waals surface area contributed by atoms with Crippen molar-refractivity contribution in [1.82, 2.24) is 20.0 Å². The van der Waals surface area contributed by atoms with Crippen LogP contribution in [0, 0.1) is 16.2 Å². The van der Waals surface area contributed by atoms with Gasteiger partial charge in [0, 0.05) is 37.4 Å². The van der Waals surface area contributed by atoms with Gasteiger partial charge in [-0.3, -0.25) is 9.58 Å². The third-order valence-corrected chi connectivity index (χ3v) is 8.53. The van der Waals surface area contributed by atoms with Crippen LogP contribution >= 0.6 is 0 Å². The SMILES string of the molecule is CNCCN(C)Cc1nn2c(c1[C@H]1CC[C@@]3(CC1)COCC(C)(C)C3)CC1(CC1)C2. The summed E-state index contributed by atoms with van der Waals surface area (Å²) < 4.78 is 8.52. The zero-order chi connectivity index (χ0) is 21.0. The molecule has 0 atom stereocenters. The highest BCUT2D eigenvalue weighted by atomic mass is 16.5. The van der Waals surface area contributed by atoms with Crippen molar-refractivity contribution in [3.05, 3.63) is 17.0 Å². The second kappa shape index (κ2) is 7.60. The third-order valence-electron chi connectivity index (χ3n) is 8.53. The Labute approximate surface area is 182 Å². The van der Waals surface area contributed by atoms with E-state index in [-0.39, 0.29) is 0 Å². The Morgan fingerprint density at radius 1 is 1.13 bits per heavy atom. The number of ether oxygens (including phenoxy) is 1. The van der Waals surface area contributed by atoms with Crippen LogP contribution < -0.4 is 5.32 Å². The van der Waals surface area contributed by atoms with E-state index >= 15 is 0 Å². The van der Waals surface area contributed by atoms with Crippen molar-refractivity contribution in [2.75, 3.05) is 40.4 Å². The maximum Gasteiger partial charge on any atom is 0.0802 e. The molecule has 4 aliphatic rings. The molecule has 1 aromatic rings. The fraction of sp³-hybridized carbons (Fsp3) is 0.880. The van der Waals surface area contributed by atoms with Crippen molar-refractivity contribution < 1.29 is 4.74 Å². The van der Waals surface area contributed by atoms with Gasteiger partial charge in [-0.25, -0.2) is 0 Å². The minimum absolute atomic E-state index is 0.337. The number of likely N-dealkylation sites (N-methyl/N-ethyl adjacent to an activating group) is 2. The van der Waals surface area contributed by atoms with Crippen LogP contribution in [0.3, 0.4) is 0 Å². The summed E-state index contributed by atoms with van der Waals surface area (Å²) >= 11 is 0. The molecular weight excluding hydrogens is 372 g/mol. The standard InChI is InChI=1S/C25H42N4O/c1-23(2)15-25(18-30-17-23)7-5-19(6-8-25)22-20(14-28(4)12-11-26-3)27-29-16-24(9-10-24)13-21(22)29/h19,26H,5-18H2,1-4H3/t19-,25-. The molecule has 30 heavy (non-hydrogen) atoms. The summed E-state index contributed by atoms with van der Waals surface area (Å²) in [4.78, 5) is 2.44. The van der Waals surface area contributed by atoms with Crippen molar-refractivity contribution >= 4 is 0 Å². The van der Waals surface area contributed by atoms with Crippen LogP contribution in [0.1, 0.15) is 81.7 Å². The maximum atomic E-state index is 6.10. The highest BCUT2D eigenvalue weighted by Gasteiger charge is 2.50. The molecule has 0 bridgehead atoms. The summed E-state index contributed by atoms with van der Waals surface area (Å²) in [6, 6.07) is 0. The van der Waals surface area contributed by atoms with Crippen molar-refractivity contribution in [2.45, 2.75) is 84.2 Å². The molecule has 2 aliphatic carbocycles. The van der Waals surface area contributed by atoms with E-state index in [1.807, 2.05) is 7.05 Å². The van der Waals surface area contributed by atoms with Crippen LogP contribution in [-0.2, 0) is 24.2 Å². The van der Waals surface area contributed by atoms with E-state index in [0.717, 1.165) is 32.8 Å². The molecule has 168 valence electrons. The van der Waals surface area contributed by atoms with Crippen LogP contribution in [0.4, 0.5) is 0 Å². The topological polar surface area (TPSA) is 42.3 Å². The highest BCUT2D eigenvalue weighted by molar-refractivity contribution is 5.35. The number of rotatable bonds is 6. The second-order valence-electron chi connectivity index (χ2n) is 12.1. The predicted molar refractivity (Wildman–Crippen MR) is 121 cm³/mol. The van der Waals surface area contributed by atoms with E-state index in [2.05, 4.69) is 35.8 Å². The Kier molecular flexibility index (Phi) is 5.31. The summed E-state index contributed by atoms with van der Waals surface area (Å²) in [5.74, 6) is 0.700. The molecule has 0 amide bonds. The van der Waals surface area contributed by atoms with Crippen LogP contribution in [0.15, 0.2) is 0 Å². The van der Waals surface area contributed by atoms with Crippen LogP contribution in [0.2, 0.25) is 0 Å². The molecule has 0 aromatic carbocycles. The smallest absolute Gasteiger partial charge is 0.0802 e. The summed E-state index contributed by atoms with van der Waals surface area (Å²) in [6.07, 6.45) is 10.7. The van der Waals surface area contributed by atoms with E-state index < -0.39 is 0 Å². The number of nitrogens with zero attached hydrogens (tertiary/aromatic N) is 3. The molecule has 2 saturated carbocycles. The van der Waals surface area contributed by atoms with E-state index in [9.17, 15) is 0 Å². The first-order chi connectivity index (χ1) is 14.3. The fourth-order valence-electron chi connectivity index (χ4n) is 6.85. The van der Waals surface area contributed by atoms with Gasteiger partial charge in [-0.15, -0.1) is 0 Å². The average molecular weight is 415 g/mol. The van der Waals surface area contributed by atoms with E-state index in [1.54, 1.807) is 11.3 Å². The number of fused-ring (bicyclic) bond motifs is 1. The Morgan fingerprint density at radius 3 is 2.57 bits per heavy atom. The van der Waals surface area contributed by atoms with Crippen molar-refractivity contribution in [1.29, 1.82) is 0 Å². The number of nitrogens with one attached hydrogen (secondary N) is 1. The molecular formula is C25H42N4O. The van der Waals surface area contributed by atoms with Gasteiger partial charge in [0.05, 0.1) is 18.9 Å². The monoisotopic (exact) mass is 414 g/mol. The first-order valence-corrected chi connectivity index (χ1v) is 12.3. The molecule has 2 spiro atoms. The molecule has 2 aliphatic heterocycles. The van der Waals surface area contributed by atoms with Gasteiger partial charge >= 0.3 is 0 Å². The Hall–Kier alpha value is -0.910. The van der Waals surface area contributed by atoms with Gasteiger partial charge in [0.25, 0.3) is 0 Å². The van der Waals surface area contributed by atoms with Gasteiger partial charge in [-0.2, -0.15) is 5.10 Å². The lowest BCUT2D eigenvalue weighted by atomic mass is 9.62. The van der Waals surface area contributed by atoms with Crippen LogP contribution in [0.5, 0.6) is 0 Å². The third kappa shape index (κ3) is 3.98. The molecule has 0 unspecified atom stereocenters. The van der Waals surface area contributed by atoms with Crippen LogP contribution in [0.25, 0.3) is 0 Å². The minimum Gasteiger partial charge on any atom is -0.380 e. The molecule has 5 heteroatoms. The van der Waals surface area contributed by atoms with E-state index in [1.165, 1.54) is 63.6 Å². The largest absolute Gasteiger partial charge is 0.380 e. The Bertz CT molecular complexity index is 770. The predicted octanol–water partition coefficient (Wildman–Crippen LogP) is 3.96. The summed E-state index contributed by atoms with van der Waals surface area (Å²) in [5, 5.41) is 8.49. The van der Waals surface area contributed by atoms with Crippen molar-refractivity contribution in [2.24, 2.45) is 16.2 Å². The maximum absolute atomic E-state index is 6.10. The molecule has 1 N–H and O–H groups in total. The minimum atomic E-state index is 0.337. The fourth-order valence-corrected chi connectivity index (χ4v) is 6.85. The number of hydrogen-bond donors (Lipinski definition) is 1. The highest BCUT2D eigenvalue weighted by Crippen LogP contribution is 2.56. The summed E-state index contributed by atoms with van der Waals surface area (Å²) in [5.41, 5.74) is 5.98. The summed E-state index contributed by atoms with van der Waals surface area (Å²) in [6.45, 7) is 11.0. The van der Waals surface area contributed by atoms with Crippen LogP contribution in [-0.4, -0.2) is 55.1 Å². The van der Waals surface area contributed by atoms with Gasteiger partial charge in [-0.05, 0) is 87.6 Å². The Balaban J connectivity index is 1.34. The first kappa shape index (κ1) is 21.0.